The smallest absolute Gasteiger partial charge is 0.381 e. The molecule has 2 aliphatic rings. The van der Waals surface area contributed by atoms with E-state index in [1.807, 2.05) is 13.8 Å². The average Bonchev–Trinajstić information content (AvgIpc) is 3.33. The van der Waals surface area contributed by atoms with Crippen molar-refractivity contribution in [1.29, 1.82) is 0 Å². The summed E-state index contributed by atoms with van der Waals surface area (Å²) in [5.41, 5.74) is -0.903. The van der Waals surface area contributed by atoms with Crippen LogP contribution in [-0.4, -0.2) is 41.4 Å². The van der Waals surface area contributed by atoms with Crippen LogP contribution in [0.4, 0.5) is 19.0 Å². The Labute approximate surface area is 179 Å². The average molecular weight is 438 g/mol. The quantitative estimate of drug-likeness (QED) is 0.643. The van der Waals surface area contributed by atoms with Crippen LogP contribution in [0.3, 0.4) is 0 Å². The number of anilines is 1. The number of nitrogens with zero attached hydrogens (tertiary/aromatic N) is 1. The number of nitrogens with one attached hydrogen (secondary N) is 3. The van der Waals surface area contributed by atoms with Gasteiger partial charge in [0.1, 0.15) is 0 Å². The molecular formula is C22H29F3N4O2. The second-order valence-corrected chi connectivity index (χ2v) is 9.09. The van der Waals surface area contributed by atoms with Gasteiger partial charge in [-0.15, -0.1) is 0 Å². The van der Waals surface area contributed by atoms with Gasteiger partial charge in [0.25, 0.3) is 0 Å². The molecular weight excluding hydrogens is 409 g/mol. The zero-order valence-corrected chi connectivity index (χ0v) is 17.8. The lowest BCUT2D eigenvalue weighted by Gasteiger charge is -2.33. The first-order valence-electron chi connectivity index (χ1n) is 10.9. The number of H-pyrrole nitrogens is 1. The Morgan fingerprint density at radius 2 is 1.97 bits per heavy atom. The third-order valence-corrected chi connectivity index (χ3v) is 6.92. The van der Waals surface area contributed by atoms with Gasteiger partial charge in [-0.25, -0.2) is 0 Å². The van der Waals surface area contributed by atoms with Crippen LogP contribution >= 0.6 is 0 Å². The minimum atomic E-state index is -4.46. The number of halogens is 3. The molecule has 6 nitrogen and oxygen atoms in total. The standard InChI is InChI=1S/C22H29F3N4O2/c1-13(2)21(8-5-16(12-21)26-15-6-9-31-10-7-15)20(30)27-19-17-11-14(22(23,24)25)3-4-18(17)28-29-19/h3-4,11,13,15-16,26H,5-10,12H2,1-2H3,(H2,27,28,29,30)/t16?,21-/m0/s1. The van der Waals surface area contributed by atoms with Crippen molar-refractivity contribution >= 4 is 22.6 Å². The monoisotopic (exact) mass is 438 g/mol. The fourth-order valence-electron chi connectivity index (χ4n) is 4.93. The number of carbonyl (C=O) groups is 1. The highest BCUT2D eigenvalue weighted by molar-refractivity contribution is 6.02. The summed E-state index contributed by atoms with van der Waals surface area (Å²) in [5.74, 6) is 0.0569. The molecule has 1 unspecified atom stereocenters. The van der Waals surface area contributed by atoms with Crippen molar-refractivity contribution in [1.82, 2.24) is 15.5 Å². The molecule has 4 rings (SSSR count). The molecule has 2 aromatic rings. The molecule has 2 atom stereocenters. The lowest BCUT2D eigenvalue weighted by Crippen LogP contribution is -2.43. The van der Waals surface area contributed by atoms with Gasteiger partial charge in [-0.05, 0) is 56.2 Å². The largest absolute Gasteiger partial charge is 0.416 e. The van der Waals surface area contributed by atoms with Gasteiger partial charge in [-0.2, -0.15) is 18.3 Å². The summed E-state index contributed by atoms with van der Waals surface area (Å²) in [6.45, 7) is 5.57. The third-order valence-electron chi connectivity index (χ3n) is 6.92. The molecule has 2 heterocycles. The summed E-state index contributed by atoms with van der Waals surface area (Å²) in [6.07, 6.45) is -0.198. The van der Waals surface area contributed by atoms with Crippen LogP contribution in [-0.2, 0) is 15.7 Å². The van der Waals surface area contributed by atoms with E-state index in [1.54, 1.807) is 0 Å². The van der Waals surface area contributed by atoms with Crippen LogP contribution in [0.2, 0.25) is 0 Å². The van der Waals surface area contributed by atoms with Crippen molar-refractivity contribution < 1.29 is 22.7 Å². The maximum absolute atomic E-state index is 13.4. The minimum Gasteiger partial charge on any atom is -0.381 e. The molecule has 0 bridgehead atoms. The summed E-state index contributed by atoms with van der Waals surface area (Å²) in [7, 11) is 0. The van der Waals surface area contributed by atoms with Crippen molar-refractivity contribution in [3.63, 3.8) is 0 Å². The number of rotatable bonds is 5. The summed E-state index contributed by atoms with van der Waals surface area (Å²) in [6, 6.07) is 4.01. The Hall–Kier alpha value is -2.13. The molecule has 1 aromatic carbocycles. The fourth-order valence-corrected chi connectivity index (χ4v) is 4.93. The summed E-state index contributed by atoms with van der Waals surface area (Å²) >= 11 is 0. The highest BCUT2D eigenvalue weighted by atomic mass is 19.4. The van der Waals surface area contributed by atoms with Crippen LogP contribution in [0.5, 0.6) is 0 Å². The normalized spacial score (nSPS) is 25.4. The van der Waals surface area contributed by atoms with Gasteiger partial charge in [0.05, 0.1) is 16.5 Å². The Bertz CT molecular complexity index is 936. The molecule has 1 aliphatic heterocycles. The highest BCUT2D eigenvalue weighted by Crippen LogP contribution is 2.46. The number of aromatic amines is 1. The SMILES string of the molecule is CC(C)[C@]1(C(=O)Nc2n[nH]c3ccc(C(F)(F)F)cc23)CCC(NC2CCOCC2)C1. The number of aromatic nitrogens is 2. The van der Waals surface area contributed by atoms with Gasteiger partial charge in [-0.1, -0.05) is 13.8 Å². The molecule has 0 radical (unpaired) electrons. The van der Waals surface area contributed by atoms with Gasteiger partial charge < -0.3 is 15.4 Å². The van der Waals surface area contributed by atoms with Crippen LogP contribution in [0.25, 0.3) is 10.9 Å². The zero-order valence-electron chi connectivity index (χ0n) is 17.8. The van der Waals surface area contributed by atoms with Gasteiger partial charge in [0.2, 0.25) is 5.91 Å². The Kier molecular flexibility index (Phi) is 6.00. The molecule has 1 aliphatic carbocycles. The second kappa shape index (κ2) is 8.43. The minimum absolute atomic E-state index is 0.0879. The summed E-state index contributed by atoms with van der Waals surface area (Å²) in [4.78, 5) is 13.4. The van der Waals surface area contributed by atoms with E-state index in [-0.39, 0.29) is 29.1 Å². The lowest BCUT2D eigenvalue weighted by atomic mass is 9.74. The second-order valence-electron chi connectivity index (χ2n) is 9.09. The first kappa shape index (κ1) is 22.1. The number of hydrogen-bond donors (Lipinski definition) is 3. The van der Waals surface area contributed by atoms with Gasteiger partial charge in [0.15, 0.2) is 5.82 Å². The summed E-state index contributed by atoms with van der Waals surface area (Å²) < 4.78 is 44.8. The molecule has 9 heteroatoms. The van der Waals surface area contributed by atoms with Crippen LogP contribution in [0.1, 0.15) is 51.5 Å². The van der Waals surface area contributed by atoms with Crippen molar-refractivity contribution in [3.05, 3.63) is 23.8 Å². The van der Waals surface area contributed by atoms with Gasteiger partial charge in [-0.3, -0.25) is 9.89 Å². The number of benzene rings is 1. The molecule has 1 saturated heterocycles. The van der Waals surface area contributed by atoms with E-state index in [0.29, 0.717) is 18.0 Å². The maximum atomic E-state index is 13.4. The zero-order chi connectivity index (χ0) is 22.2. The van der Waals surface area contributed by atoms with E-state index in [4.69, 9.17) is 4.74 Å². The Morgan fingerprint density at radius 1 is 1.23 bits per heavy atom. The summed E-state index contributed by atoms with van der Waals surface area (Å²) in [5, 5.41) is 13.6. The van der Waals surface area contributed by atoms with E-state index in [9.17, 15) is 18.0 Å². The molecule has 31 heavy (non-hydrogen) atoms. The topological polar surface area (TPSA) is 79.0 Å². The number of amides is 1. The highest BCUT2D eigenvalue weighted by Gasteiger charge is 2.48. The third kappa shape index (κ3) is 4.43. The van der Waals surface area contributed by atoms with Crippen LogP contribution in [0, 0.1) is 11.3 Å². The first-order valence-corrected chi connectivity index (χ1v) is 10.9. The van der Waals surface area contributed by atoms with Gasteiger partial charge in [0, 0.05) is 30.7 Å². The first-order chi connectivity index (χ1) is 14.7. The Morgan fingerprint density at radius 3 is 2.65 bits per heavy atom. The van der Waals surface area contributed by atoms with E-state index >= 15 is 0 Å². The number of hydrogen-bond acceptors (Lipinski definition) is 4. The van der Waals surface area contributed by atoms with E-state index in [0.717, 1.165) is 51.0 Å². The molecule has 170 valence electrons. The molecule has 1 saturated carbocycles. The van der Waals surface area contributed by atoms with Crippen molar-refractivity contribution in [2.75, 3.05) is 18.5 Å². The molecule has 0 spiro atoms. The van der Waals surface area contributed by atoms with Gasteiger partial charge >= 0.3 is 6.18 Å². The lowest BCUT2D eigenvalue weighted by molar-refractivity contribution is -0.137. The molecule has 1 aromatic heterocycles. The number of ether oxygens (including phenoxy) is 1. The van der Waals surface area contributed by atoms with E-state index in [2.05, 4.69) is 20.8 Å². The van der Waals surface area contributed by atoms with Crippen molar-refractivity contribution in [2.45, 2.75) is 64.2 Å². The molecule has 1 amide bonds. The molecule has 2 fully saturated rings. The van der Waals surface area contributed by atoms with Crippen molar-refractivity contribution in [3.8, 4) is 0 Å². The van der Waals surface area contributed by atoms with E-state index in [1.165, 1.54) is 6.07 Å². The predicted molar refractivity (Wildman–Crippen MR) is 112 cm³/mol. The van der Waals surface area contributed by atoms with Crippen molar-refractivity contribution in [2.24, 2.45) is 11.3 Å². The Balaban J connectivity index is 1.52. The number of fused-ring (bicyclic) bond motifs is 1. The maximum Gasteiger partial charge on any atom is 0.416 e. The number of alkyl halides is 3. The molecule has 3 N–H and O–H groups in total. The van der Waals surface area contributed by atoms with E-state index < -0.39 is 17.2 Å². The van der Waals surface area contributed by atoms with Crippen LogP contribution < -0.4 is 10.6 Å². The fraction of sp³-hybridized carbons (Fsp3) is 0.636. The predicted octanol–water partition coefficient (Wildman–Crippen LogP) is 4.48. The van der Waals surface area contributed by atoms with Crippen LogP contribution in [0.15, 0.2) is 18.2 Å². The number of carbonyl (C=O) groups excluding carboxylic acids is 1.